The van der Waals surface area contributed by atoms with Gasteiger partial charge in [0.2, 0.25) is 0 Å². The summed E-state index contributed by atoms with van der Waals surface area (Å²) in [5, 5.41) is 13.8. The minimum absolute atomic E-state index is 0.0278. The van der Waals surface area contributed by atoms with Gasteiger partial charge in [0.05, 0.1) is 4.92 Å². The van der Waals surface area contributed by atoms with Crippen molar-refractivity contribution in [3.63, 3.8) is 0 Å². The van der Waals surface area contributed by atoms with Crippen LogP contribution in [-0.2, 0) is 0 Å². The molecule has 0 amide bonds. The number of benzene rings is 1. The monoisotopic (exact) mass is 224 g/mol. The molecule has 0 fully saturated rings. The molecular weight excluding hydrogens is 208 g/mol. The topological polar surface area (TPSA) is 64.4 Å². The van der Waals surface area contributed by atoms with Crippen molar-refractivity contribution in [2.24, 2.45) is 0 Å². The Kier molecular flexibility index (Phi) is 3.37. The normalized spacial score (nSPS) is 11.0. The highest BCUT2D eigenvalue weighted by Gasteiger charge is 2.23. The third-order valence-corrected chi connectivity index (χ3v) is 1.87. The van der Waals surface area contributed by atoms with Crippen LogP contribution < -0.4 is 10.1 Å². The zero-order valence-electron chi connectivity index (χ0n) is 9.90. The number of nitro benzene ring substituents is 1. The second-order valence-corrected chi connectivity index (χ2v) is 4.37. The van der Waals surface area contributed by atoms with E-state index in [9.17, 15) is 10.1 Å². The summed E-state index contributed by atoms with van der Waals surface area (Å²) in [6.45, 7) is 5.55. The van der Waals surface area contributed by atoms with Crippen molar-refractivity contribution in [3.05, 3.63) is 28.3 Å². The molecule has 5 heteroatoms. The molecule has 0 aromatic heterocycles. The van der Waals surface area contributed by atoms with Crippen molar-refractivity contribution in [2.75, 3.05) is 12.4 Å². The maximum Gasteiger partial charge on any atom is 0.333 e. The highest BCUT2D eigenvalue weighted by molar-refractivity contribution is 5.68. The lowest BCUT2D eigenvalue weighted by Crippen LogP contribution is -2.23. The van der Waals surface area contributed by atoms with Gasteiger partial charge in [-0.1, -0.05) is 6.07 Å². The number of rotatable bonds is 3. The number of nitrogens with zero attached hydrogens (tertiary/aromatic N) is 1. The zero-order valence-corrected chi connectivity index (χ0v) is 9.90. The van der Waals surface area contributed by atoms with E-state index in [1.807, 2.05) is 20.8 Å². The number of ether oxygens (including phenoxy) is 1. The molecule has 1 N–H and O–H groups in total. The molecule has 0 atom stereocenters. The maximum atomic E-state index is 11.0. The van der Waals surface area contributed by atoms with Crippen LogP contribution >= 0.6 is 0 Å². The van der Waals surface area contributed by atoms with Crippen molar-refractivity contribution in [2.45, 2.75) is 26.4 Å². The summed E-state index contributed by atoms with van der Waals surface area (Å²) in [5.74, 6) is 0.282. The van der Waals surface area contributed by atoms with Gasteiger partial charge in [0.25, 0.3) is 0 Å². The molecule has 0 aliphatic rings. The highest BCUT2D eigenvalue weighted by atomic mass is 16.6. The molecule has 0 heterocycles. The summed E-state index contributed by atoms with van der Waals surface area (Å²) in [5.41, 5.74) is -0.0383. The number of hydrogen-bond acceptors (Lipinski definition) is 4. The summed E-state index contributed by atoms with van der Waals surface area (Å²) in [7, 11) is 1.64. The average molecular weight is 224 g/mol. The Labute approximate surface area is 94.6 Å². The van der Waals surface area contributed by atoms with Gasteiger partial charge in [-0.2, -0.15) is 0 Å². The third-order valence-electron chi connectivity index (χ3n) is 1.87. The Morgan fingerprint density at radius 3 is 2.44 bits per heavy atom. The molecule has 0 spiro atoms. The van der Waals surface area contributed by atoms with Crippen LogP contribution in [-0.4, -0.2) is 17.6 Å². The molecular formula is C11H16N2O3. The number of hydrogen-bond donors (Lipinski definition) is 1. The van der Waals surface area contributed by atoms with Gasteiger partial charge >= 0.3 is 5.69 Å². The SMILES string of the molecule is CNc1cccc(OC(C)(C)C)c1[N+](=O)[O-]. The van der Waals surface area contributed by atoms with E-state index in [1.165, 1.54) is 0 Å². The maximum absolute atomic E-state index is 11.0. The quantitative estimate of drug-likeness (QED) is 0.633. The smallest absolute Gasteiger partial charge is 0.333 e. The van der Waals surface area contributed by atoms with Gasteiger partial charge in [0.1, 0.15) is 11.3 Å². The zero-order chi connectivity index (χ0) is 12.3. The molecule has 0 saturated carbocycles. The second-order valence-electron chi connectivity index (χ2n) is 4.37. The Hall–Kier alpha value is -1.78. The molecule has 0 bridgehead atoms. The number of nitro groups is 1. The van der Waals surface area contributed by atoms with E-state index < -0.39 is 10.5 Å². The van der Waals surface area contributed by atoms with Crippen LogP contribution in [0.25, 0.3) is 0 Å². The second kappa shape index (κ2) is 4.38. The molecule has 0 radical (unpaired) electrons. The van der Waals surface area contributed by atoms with Gasteiger partial charge < -0.3 is 10.1 Å². The fourth-order valence-electron chi connectivity index (χ4n) is 1.32. The van der Waals surface area contributed by atoms with Crippen molar-refractivity contribution >= 4 is 11.4 Å². The summed E-state index contributed by atoms with van der Waals surface area (Å²) in [4.78, 5) is 10.5. The molecule has 5 nitrogen and oxygen atoms in total. The van der Waals surface area contributed by atoms with Gasteiger partial charge in [-0.25, -0.2) is 0 Å². The van der Waals surface area contributed by atoms with Gasteiger partial charge in [0, 0.05) is 7.05 Å². The van der Waals surface area contributed by atoms with Gasteiger partial charge in [-0.3, -0.25) is 10.1 Å². The lowest BCUT2D eigenvalue weighted by molar-refractivity contribution is -0.385. The van der Waals surface area contributed by atoms with Crippen LogP contribution in [0, 0.1) is 10.1 Å². The molecule has 1 aromatic rings. The first-order valence-corrected chi connectivity index (χ1v) is 4.99. The van der Waals surface area contributed by atoms with E-state index in [-0.39, 0.29) is 11.4 Å². The van der Waals surface area contributed by atoms with Crippen LogP contribution in [0.3, 0.4) is 0 Å². The predicted molar refractivity (Wildman–Crippen MR) is 63.0 cm³/mol. The Bertz CT molecular complexity index is 397. The first-order chi connectivity index (χ1) is 7.35. The Balaban J connectivity index is 3.22. The number of anilines is 1. The minimum Gasteiger partial charge on any atom is -0.481 e. The molecule has 0 aliphatic heterocycles. The third kappa shape index (κ3) is 2.85. The lowest BCUT2D eigenvalue weighted by atomic mass is 10.2. The Morgan fingerprint density at radius 1 is 1.38 bits per heavy atom. The van der Waals surface area contributed by atoms with E-state index in [1.54, 1.807) is 25.2 Å². The number of para-hydroxylation sites is 1. The van der Waals surface area contributed by atoms with Gasteiger partial charge in [-0.05, 0) is 32.9 Å². The van der Waals surface area contributed by atoms with Crippen LogP contribution in [0.2, 0.25) is 0 Å². The lowest BCUT2D eigenvalue weighted by Gasteiger charge is -2.21. The van der Waals surface area contributed by atoms with E-state index >= 15 is 0 Å². The first-order valence-electron chi connectivity index (χ1n) is 4.99. The van der Waals surface area contributed by atoms with Crippen molar-refractivity contribution in [1.29, 1.82) is 0 Å². The van der Waals surface area contributed by atoms with Crippen LogP contribution in [0.4, 0.5) is 11.4 Å². The molecule has 1 aromatic carbocycles. The summed E-state index contributed by atoms with van der Waals surface area (Å²) in [6.07, 6.45) is 0. The van der Waals surface area contributed by atoms with E-state index in [0.717, 1.165) is 0 Å². The molecule has 88 valence electrons. The van der Waals surface area contributed by atoms with Crippen LogP contribution in [0.1, 0.15) is 20.8 Å². The molecule has 1 rings (SSSR count). The largest absolute Gasteiger partial charge is 0.481 e. The standard InChI is InChI=1S/C11H16N2O3/c1-11(2,3)16-9-7-5-6-8(12-4)10(9)13(14)15/h5-7,12H,1-4H3. The summed E-state index contributed by atoms with van der Waals surface area (Å²) < 4.78 is 5.55. The average Bonchev–Trinajstić information content (AvgIpc) is 2.14. The van der Waals surface area contributed by atoms with Gasteiger partial charge in [0.15, 0.2) is 5.75 Å². The van der Waals surface area contributed by atoms with Gasteiger partial charge in [-0.15, -0.1) is 0 Å². The van der Waals surface area contributed by atoms with Crippen molar-refractivity contribution in [3.8, 4) is 5.75 Å². The summed E-state index contributed by atoms with van der Waals surface area (Å²) >= 11 is 0. The van der Waals surface area contributed by atoms with E-state index in [2.05, 4.69) is 5.32 Å². The van der Waals surface area contributed by atoms with Crippen LogP contribution in [0.5, 0.6) is 5.75 Å². The fourth-order valence-corrected chi connectivity index (χ4v) is 1.32. The predicted octanol–water partition coefficient (Wildman–Crippen LogP) is 2.81. The highest BCUT2D eigenvalue weighted by Crippen LogP contribution is 2.36. The van der Waals surface area contributed by atoms with Crippen LogP contribution in [0.15, 0.2) is 18.2 Å². The number of nitrogens with one attached hydrogen (secondary N) is 1. The van der Waals surface area contributed by atoms with E-state index in [4.69, 9.17) is 4.74 Å². The molecule has 0 saturated heterocycles. The van der Waals surface area contributed by atoms with Crippen molar-refractivity contribution < 1.29 is 9.66 Å². The van der Waals surface area contributed by atoms with E-state index in [0.29, 0.717) is 5.69 Å². The molecule has 0 aliphatic carbocycles. The molecule has 16 heavy (non-hydrogen) atoms. The summed E-state index contributed by atoms with van der Waals surface area (Å²) in [6, 6.07) is 4.97. The first kappa shape index (κ1) is 12.3. The van der Waals surface area contributed by atoms with Crippen molar-refractivity contribution in [1.82, 2.24) is 0 Å². The minimum atomic E-state index is -0.461. The Morgan fingerprint density at radius 2 is 2.00 bits per heavy atom. The molecule has 0 unspecified atom stereocenters. The fraction of sp³-hybridized carbons (Fsp3) is 0.455.